The first-order chi connectivity index (χ1) is 9.56. The van der Waals surface area contributed by atoms with Crippen LogP contribution in [0.15, 0.2) is 24.3 Å². The van der Waals surface area contributed by atoms with Gasteiger partial charge < -0.3 is 10.4 Å². The topological polar surface area (TPSA) is 88.0 Å². The molecule has 0 aliphatic rings. The van der Waals surface area contributed by atoms with E-state index in [0.717, 1.165) is 23.4 Å². The Hall–Kier alpha value is -2.50. The fourth-order valence-electron chi connectivity index (χ4n) is 1.66. The minimum Gasteiger partial charge on any atom is -0.478 e. The Morgan fingerprint density at radius 2 is 1.85 bits per heavy atom. The summed E-state index contributed by atoms with van der Waals surface area (Å²) in [6.45, 7) is 4.42. The first kappa shape index (κ1) is 13.9. The maximum absolute atomic E-state index is 10.7. The fraction of sp³-hybridized carbons (Fsp3) is 0.286. The number of carboxylic acids is 1. The van der Waals surface area contributed by atoms with E-state index in [1.807, 2.05) is 26.0 Å². The van der Waals surface area contributed by atoms with Gasteiger partial charge in [-0.1, -0.05) is 12.1 Å². The van der Waals surface area contributed by atoms with E-state index in [9.17, 15) is 4.79 Å². The maximum Gasteiger partial charge on any atom is 0.335 e. The molecular weight excluding hydrogens is 256 g/mol. The van der Waals surface area contributed by atoms with E-state index in [4.69, 9.17) is 5.11 Å². The van der Waals surface area contributed by atoms with Gasteiger partial charge >= 0.3 is 5.97 Å². The van der Waals surface area contributed by atoms with Crippen molar-refractivity contribution in [3.63, 3.8) is 0 Å². The van der Waals surface area contributed by atoms with Gasteiger partial charge in [-0.05, 0) is 38.0 Å². The van der Waals surface area contributed by atoms with Crippen LogP contribution in [0.2, 0.25) is 0 Å². The average molecular weight is 272 g/mol. The van der Waals surface area contributed by atoms with Crippen LogP contribution in [0, 0.1) is 13.8 Å². The molecule has 6 heteroatoms. The van der Waals surface area contributed by atoms with Gasteiger partial charge in [0, 0.05) is 6.54 Å². The predicted octanol–water partition coefficient (Wildman–Crippen LogP) is 1.84. The number of nitrogens with one attached hydrogen (secondary N) is 1. The zero-order valence-corrected chi connectivity index (χ0v) is 11.4. The van der Waals surface area contributed by atoms with Crippen LogP contribution < -0.4 is 5.32 Å². The van der Waals surface area contributed by atoms with E-state index < -0.39 is 5.97 Å². The number of nitrogens with zero attached hydrogens (tertiary/aromatic N) is 3. The van der Waals surface area contributed by atoms with Crippen LogP contribution in [-0.2, 0) is 6.42 Å². The number of carboxylic acid groups (broad SMARTS) is 1. The number of benzene rings is 1. The van der Waals surface area contributed by atoms with Crippen LogP contribution in [0.5, 0.6) is 0 Å². The van der Waals surface area contributed by atoms with Crippen molar-refractivity contribution in [2.45, 2.75) is 20.3 Å². The SMILES string of the molecule is Cc1nnc(NCCc2ccc(C(=O)O)cc2)nc1C. The molecule has 0 saturated heterocycles. The van der Waals surface area contributed by atoms with Crippen LogP contribution in [0.25, 0.3) is 0 Å². The zero-order chi connectivity index (χ0) is 14.5. The summed E-state index contributed by atoms with van der Waals surface area (Å²) < 4.78 is 0. The summed E-state index contributed by atoms with van der Waals surface area (Å²) in [7, 11) is 0. The monoisotopic (exact) mass is 272 g/mol. The zero-order valence-electron chi connectivity index (χ0n) is 11.4. The van der Waals surface area contributed by atoms with E-state index in [1.165, 1.54) is 0 Å². The second-order valence-electron chi connectivity index (χ2n) is 4.49. The molecule has 0 unspecified atom stereocenters. The molecule has 1 aromatic heterocycles. The van der Waals surface area contributed by atoms with Crippen molar-refractivity contribution in [2.24, 2.45) is 0 Å². The van der Waals surface area contributed by atoms with Crippen molar-refractivity contribution in [3.8, 4) is 0 Å². The van der Waals surface area contributed by atoms with Gasteiger partial charge in [0.25, 0.3) is 0 Å². The number of hydrogen-bond donors (Lipinski definition) is 2. The summed E-state index contributed by atoms with van der Waals surface area (Å²) in [6.07, 6.45) is 0.760. The smallest absolute Gasteiger partial charge is 0.335 e. The van der Waals surface area contributed by atoms with Crippen molar-refractivity contribution >= 4 is 11.9 Å². The molecule has 0 bridgehead atoms. The lowest BCUT2D eigenvalue weighted by Gasteiger charge is -2.06. The number of aryl methyl sites for hydroxylation is 2. The highest BCUT2D eigenvalue weighted by atomic mass is 16.4. The van der Waals surface area contributed by atoms with Crippen LogP contribution >= 0.6 is 0 Å². The van der Waals surface area contributed by atoms with Gasteiger partial charge in [0.05, 0.1) is 17.0 Å². The summed E-state index contributed by atoms with van der Waals surface area (Å²) in [5.41, 5.74) is 3.02. The quantitative estimate of drug-likeness (QED) is 0.863. The second kappa shape index (κ2) is 6.10. The Morgan fingerprint density at radius 3 is 2.45 bits per heavy atom. The standard InChI is InChI=1S/C14H16N4O2/c1-9-10(2)17-18-14(16-9)15-8-7-11-3-5-12(6-4-11)13(19)20/h3-6H,7-8H2,1-2H3,(H,19,20)(H,15,16,18). The normalized spacial score (nSPS) is 10.3. The van der Waals surface area contributed by atoms with E-state index in [2.05, 4.69) is 20.5 Å². The Bertz CT molecular complexity index is 611. The van der Waals surface area contributed by atoms with Gasteiger partial charge in [0.15, 0.2) is 0 Å². The number of anilines is 1. The highest BCUT2D eigenvalue weighted by molar-refractivity contribution is 5.87. The van der Waals surface area contributed by atoms with Crippen molar-refractivity contribution in [1.29, 1.82) is 0 Å². The number of carbonyl (C=O) groups is 1. The molecule has 1 heterocycles. The molecule has 104 valence electrons. The second-order valence-corrected chi connectivity index (χ2v) is 4.49. The Kier molecular flexibility index (Phi) is 4.24. The summed E-state index contributed by atoms with van der Waals surface area (Å²) >= 11 is 0. The molecule has 0 fully saturated rings. The summed E-state index contributed by atoms with van der Waals surface area (Å²) in [5.74, 6) is -0.403. The van der Waals surface area contributed by atoms with Gasteiger partial charge in [0.2, 0.25) is 5.95 Å². The number of aromatic carboxylic acids is 1. The highest BCUT2D eigenvalue weighted by Crippen LogP contribution is 2.06. The summed E-state index contributed by atoms with van der Waals surface area (Å²) in [5, 5.41) is 19.9. The molecular formula is C14H16N4O2. The van der Waals surface area contributed by atoms with Crippen molar-refractivity contribution in [3.05, 3.63) is 46.8 Å². The molecule has 0 saturated carbocycles. The first-order valence-electron chi connectivity index (χ1n) is 6.30. The lowest BCUT2D eigenvalue weighted by molar-refractivity contribution is 0.0697. The third-order valence-electron chi connectivity index (χ3n) is 2.99. The fourth-order valence-corrected chi connectivity index (χ4v) is 1.66. The molecule has 20 heavy (non-hydrogen) atoms. The van der Waals surface area contributed by atoms with Gasteiger partial charge in [-0.3, -0.25) is 0 Å². The molecule has 0 radical (unpaired) electrons. The first-order valence-corrected chi connectivity index (χ1v) is 6.30. The molecule has 1 aromatic carbocycles. The highest BCUT2D eigenvalue weighted by Gasteiger charge is 2.03. The van der Waals surface area contributed by atoms with Crippen molar-refractivity contribution in [1.82, 2.24) is 15.2 Å². The number of aromatic nitrogens is 3. The van der Waals surface area contributed by atoms with Crippen molar-refractivity contribution in [2.75, 3.05) is 11.9 Å². The Morgan fingerprint density at radius 1 is 1.15 bits per heavy atom. The van der Waals surface area contributed by atoms with E-state index in [1.54, 1.807) is 12.1 Å². The summed E-state index contributed by atoms with van der Waals surface area (Å²) in [6, 6.07) is 6.83. The Balaban J connectivity index is 1.89. The third-order valence-corrected chi connectivity index (χ3v) is 2.99. The molecule has 2 N–H and O–H groups in total. The molecule has 0 amide bonds. The molecule has 0 aliphatic heterocycles. The van der Waals surface area contributed by atoms with Crippen molar-refractivity contribution < 1.29 is 9.90 Å². The van der Waals surface area contributed by atoms with Gasteiger partial charge in [-0.25, -0.2) is 9.78 Å². The molecule has 6 nitrogen and oxygen atoms in total. The van der Waals surface area contributed by atoms with Crippen LogP contribution in [0.4, 0.5) is 5.95 Å². The minimum absolute atomic E-state index is 0.295. The molecule has 0 aliphatic carbocycles. The summed E-state index contributed by atoms with van der Waals surface area (Å²) in [4.78, 5) is 15.0. The van der Waals surface area contributed by atoms with E-state index in [0.29, 0.717) is 18.1 Å². The van der Waals surface area contributed by atoms with E-state index in [-0.39, 0.29) is 0 Å². The van der Waals surface area contributed by atoms with Gasteiger partial charge in [-0.15, -0.1) is 5.10 Å². The number of rotatable bonds is 5. The van der Waals surface area contributed by atoms with Crippen LogP contribution in [0.3, 0.4) is 0 Å². The molecule has 2 aromatic rings. The third kappa shape index (κ3) is 3.50. The molecule has 0 spiro atoms. The van der Waals surface area contributed by atoms with Crippen LogP contribution in [-0.4, -0.2) is 32.8 Å². The van der Waals surface area contributed by atoms with Crippen LogP contribution in [0.1, 0.15) is 27.3 Å². The molecule has 2 rings (SSSR count). The van der Waals surface area contributed by atoms with E-state index >= 15 is 0 Å². The van der Waals surface area contributed by atoms with Gasteiger partial charge in [0.1, 0.15) is 0 Å². The lowest BCUT2D eigenvalue weighted by Crippen LogP contribution is -2.10. The molecule has 0 atom stereocenters. The number of hydrogen-bond acceptors (Lipinski definition) is 5. The maximum atomic E-state index is 10.7. The van der Waals surface area contributed by atoms with Gasteiger partial charge in [-0.2, -0.15) is 5.10 Å². The predicted molar refractivity (Wildman–Crippen MR) is 74.9 cm³/mol. The average Bonchev–Trinajstić information content (AvgIpc) is 2.43. The minimum atomic E-state index is -0.913. The largest absolute Gasteiger partial charge is 0.478 e. The lowest BCUT2D eigenvalue weighted by atomic mass is 10.1. The Labute approximate surface area is 116 Å².